The Morgan fingerprint density at radius 3 is 2.95 bits per heavy atom. The van der Waals surface area contributed by atoms with Crippen molar-refractivity contribution in [3.8, 4) is 5.75 Å². The molecule has 0 fully saturated rings. The number of rotatable bonds is 6. The number of aryl methyl sites for hydroxylation is 1. The van der Waals surface area contributed by atoms with Crippen molar-refractivity contribution in [3.05, 3.63) is 57.8 Å². The van der Waals surface area contributed by atoms with Crippen LogP contribution in [0.5, 0.6) is 5.75 Å². The number of furan rings is 1. The van der Waals surface area contributed by atoms with Crippen LogP contribution in [0.2, 0.25) is 0 Å². The first-order valence-electron chi connectivity index (χ1n) is 6.30. The topological polar surface area (TPSA) is 107 Å². The van der Waals surface area contributed by atoms with Crippen molar-refractivity contribution in [2.24, 2.45) is 5.10 Å². The van der Waals surface area contributed by atoms with Gasteiger partial charge in [-0.15, -0.1) is 0 Å². The zero-order valence-corrected chi connectivity index (χ0v) is 11.7. The molecule has 1 N–H and O–H groups in total. The predicted octanol–water partition coefficient (Wildman–Crippen LogP) is 2.03. The van der Waals surface area contributed by atoms with Gasteiger partial charge in [-0.25, -0.2) is 5.43 Å². The Bertz CT molecular complexity index is 708. The van der Waals surface area contributed by atoms with Crippen LogP contribution in [0.3, 0.4) is 0 Å². The number of carbonyl (C=O) groups is 1. The molecule has 0 aliphatic heterocycles. The van der Waals surface area contributed by atoms with Crippen LogP contribution in [-0.4, -0.2) is 23.7 Å². The normalized spacial score (nSPS) is 10.6. The summed E-state index contributed by atoms with van der Waals surface area (Å²) in [5, 5.41) is 14.0. The molecule has 0 bridgehead atoms. The van der Waals surface area contributed by atoms with Crippen LogP contribution >= 0.6 is 0 Å². The average molecular weight is 303 g/mol. The molecule has 1 aromatic carbocycles. The third kappa shape index (κ3) is 4.44. The molecule has 0 aliphatic carbocycles. The van der Waals surface area contributed by atoms with Gasteiger partial charge in [0.2, 0.25) is 0 Å². The highest BCUT2D eigenvalue weighted by molar-refractivity contribution is 5.81. The highest BCUT2D eigenvalue weighted by Gasteiger charge is 2.10. The molecule has 0 atom stereocenters. The number of carbonyl (C=O) groups excluding carboxylic acids is 1. The summed E-state index contributed by atoms with van der Waals surface area (Å²) in [6.45, 7) is 1.72. The summed E-state index contributed by atoms with van der Waals surface area (Å²) in [6, 6.07) is 9.86. The zero-order valence-electron chi connectivity index (χ0n) is 11.7. The van der Waals surface area contributed by atoms with Crippen LogP contribution < -0.4 is 10.2 Å². The smallest absolute Gasteiger partial charge is 0.433 e. The van der Waals surface area contributed by atoms with Gasteiger partial charge in [-0.1, -0.05) is 12.1 Å². The molecule has 0 saturated heterocycles. The Balaban J connectivity index is 1.79. The van der Waals surface area contributed by atoms with E-state index >= 15 is 0 Å². The molecular formula is C14H13N3O5. The van der Waals surface area contributed by atoms with Gasteiger partial charge in [-0.3, -0.25) is 14.9 Å². The van der Waals surface area contributed by atoms with E-state index in [1.54, 1.807) is 12.1 Å². The molecule has 0 saturated carbocycles. The maximum atomic E-state index is 11.5. The van der Waals surface area contributed by atoms with E-state index < -0.39 is 16.7 Å². The Hall–Kier alpha value is -3.16. The first-order valence-corrected chi connectivity index (χ1v) is 6.30. The highest BCUT2D eigenvalue weighted by atomic mass is 16.6. The Kier molecular flexibility index (Phi) is 4.86. The van der Waals surface area contributed by atoms with Crippen molar-refractivity contribution in [2.75, 3.05) is 6.61 Å². The van der Waals surface area contributed by atoms with Crippen LogP contribution in [-0.2, 0) is 4.79 Å². The van der Waals surface area contributed by atoms with Crippen LogP contribution in [0.1, 0.15) is 11.3 Å². The SMILES string of the molecule is Cc1cccc(OCC(=O)N/N=C/c2ccc([N+](=O)[O-])o2)c1. The molecule has 0 aliphatic rings. The Morgan fingerprint density at radius 1 is 1.45 bits per heavy atom. The monoisotopic (exact) mass is 303 g/mol. The second-order valence-corrected chi connectivity index (χ2v) is 4.33. The Labute approximate surface area is 125 Å². The minimum atomic E-state index is -0.661. The van der Waals surface area contributed by atoms with Crippen molar-refractivity contribution in [3.63, 3.8) is 0 Å². The van der Waals surface area contributed by atoms with E-state index in [-0.39, 0.29) is 12.4 Å². The molecule has 8 nitrogen and oxygen atoms in total. The average Bonchev–Trinajstić information content (AvgIpc) is 2.94. The molecule has 8 heteroatoms. The van der Waals surface area contributed by atoms with Crippen LogP contribution in [0.4, 0.5) is 5.88 Å². The van der Waals surface area contributed by atoms with Gasteiger partial charge in [0, 0.05) is 0 Å². The van der Waals surface area contributed by atoms with Gasteiger partial charge >= 0.3 is 5.88 Å². The van der Waals surface area contributed by atoms with Gasteiger partial charge in [0.25, 0.3) is 5.91 Å². The lowest BCUT2D eigenvalue weighted by molar-refractivity contribution is -0.402. The second kappa shape index (κ2) is 7.02. The van der Waals surface area contributed by atoms with Gasteiger partial charge in [0.1, 0.15) is 10.7 Å². The standard InChI is InChI=1S/C14H13N3O5/c1-10-3-2-4-11(7-10)21-9-13(18)16-15-8-12-5-6-14(22-12)17(19)20/h2-8H,9H2,1H3,(H,16,18)/b15-8+. The number of amides is 1. The van der Waals surface area contributed by atoms with Gasteiger partial charge in [-0.2, -0.15) is 5.10 Å². The summed E-state index contributed by atoms with van der Waals surface area (Å²) in [5.41, 5.74) is 3.25. The molecule has 1 heterocycles. The van der Waals surface area contributed by atoms with Gasteiger partial charge in [0.15, 0.2) is 12.4 Å². The second-order valence-electron chi connectivity index (χ2n) is 4.33. The van der Waals surface area contributed by atoms with Crippen LogP contribution in [0.25, 0.3) is 0 Å². The molecule has 1 aromatic heterocycles. The summed E-state index contributed by atoms with van der Waals surface area (Å²) >= 11 is 0. The Morgan fingerprint density at radius 2 is 2.27 bits per heavy atom. The summed E-state index contributed by atoms with van der Waals surface area (Å²) in [5.74, 6) is -0.109. The molecule has 0 spiro atoms. The minimum absolute atomic E-state index is 0.159. The molecular weight excluding hydrogens is 290 g/mol. The van der Waals surface area contributed by atoms with Crippen LogP contribution in [0.15, 0.2) is 45.9 Å². The van der Waals surface area contributed by atoms with E-state index in [1.165, 1.54) is 12.1 Å². The molecule has 0 unspecified atom stereocenters. The fourth-order valence-electron chi connectivity index (χ4n) is 1.56. The fourth-order valence-corrected chi connectivity index (χ4v) is 1.56. The minimum Gasteiger partial charge on any atom is -0.484 e. The molecule has 2 aromatic rings. The number of hydrogen-bond donors (Lipinski definition) is 1. The molecule has 1 amide bonds. The van der Waals surface area contributed by atoms with E-state index in [0.717, 1.165) is 11.8 Å². The molecule has 2 rings (SSSR count). The van der Waals surface area contributed by atoms with E-state index in [1.807, 2.05) is 19.1 Å². The number of nitro groups is 1. The lowest BCUT2D eigenvalue weighted by atomic mass is 10.2. The fraction of sp³-hybridized carbons (Fsp3) is 0.143. The van der Waals surface area contributed by atoms with Crippen molar-refractivity contribution < 1.29 is 18.9 Å². The first kappa shape index (κ1) is 15.2. The van der Waals surface area contributed by atoms with Crippen LogP contribution in [0, 0.1) is 17.0 Å². The lowest BCUT2D eigenvalue weighted by Gasteiger charge is -2.05. The van der Waals surface area contributed by atoms with Crippen molar-refractivity contribution in [1.29, 1.82) is 0 Å². The number of nitrogens with zero attached hydrogens (tertiary/aromatic N) is 2. The molecule has 0 radical (unpaired) electrons. The van der Waals surface area contributed by atoms with E-state index in [9.17, 15) is 14.9 Å². The summed E-state index contributed by atoms with van der Waals surface area (Å²) in [4.78, 5) is 21.3. The van der Waals surface area contributed by atoms with Crippen molar-refractivity contribution in [2.45, 2.75) is 6.92 Å². The summed E-state index contributed by atoms with van der Waals surface area (Å²) in [7, 11) is 0. The number of nitrogens with one attached hydrogen (secondary N) is 1. The quantitative estimate of drug-likeness (QED) is 0.499. The third-order valence-electron chi connectivity index (χ3n) is 2.53. The molecule has 114 valence electrons. The van der Waals surface area contributed by atoms with Crippen molar-refractivity contribution >= 4 is 18.0 Å². The van der Waals surface area contributed by atoms with Gasteiger partial charge in [-0.05, 0) is 30.7 Å². The van der Waals surface area contributed by atoms with E-state index in [4.69, 9.17) is 9.15 Å². The van der Waals surface area contributed by atoms with Gasteiger partial charge < -0.3 is 9.15 Å². The highest BCUT2D eigenvalue weighted by Crippen LogP contribution is 2.14. The van der Waals surface area contributed by atoms with E-state index in [0.29, 0.717) is 5.75 Å². The molecule has 22 heavy (non-hydrogen) atoms. The maximum absolute atomic E-state index is 11.5. The summed E-state index contributed by atoms with van der Waals surface area (Å²) < 4.78 is 10.1. The number of benzene rings is 1. The zero-order chi connectivity index (χ0) is 15.9. The van der Waals surface area contributed by atoms with E-state index in [2.05, 4.69) is 10.5 Å². The number of hydrazone groups is 1. The van der Waals surface area contributed by atoms with Gasteiger partial charge in [0.05, 0.1) is 12.3 Å². The first-order chi connectivity index (χ1) is 10.5. The summed E-state index contributed by atoms with van der Waals surface area (Å²) in [6.07, 6.45) is 1.16. The largest absolute Gasteiger partial charge is 0.484 e. The predicted molar refractivity (Wildman–Crippen MR) is 77.8 cm³/mol. The lowest BCUT2D eigenvalue weighted by Crippen LogP contribution is -2.24. The number of hydrogen-bond acceptors (Lipinski definition) is 6. The maximum Gasteiger partial charge on any atom is 0.433 e. The van der Waals surface area contributed by atoms with Crippen molar-refractivity contribution in [1.82, 2.24) is 5.43 Å². The number of ether oxygens (including phenoxy) is 1. The third-order valence-corrected chi connectivity index (χ3v) is 2.53.